The monoisotopic (exact) mass is 445 g/mol. The fourth-order valence-electron chi connectivity index (χ4n) is 3.12. The Balaban J connectivity index is 1.91. The van der Waals surface area contributed by atoms with Crippen molar-refractivity contribution in [2.45, 2.75) is 10.1 Å². The molecule has 0 saturated carbocycles. The number of methoxy groups -OCH3 is 3. The minimum absolute atomic E-state index is 0.0822. The van der Waals surface area contributed by atoms with Gasteiger partial charge in [0.15, 0.2) is 9.84 Å². The number of ether oxygens (including phenoxy) is 3. The Morgan fingerprint density at radius 1 is 0.935 bits per heavy atom. The molecule has 1 amide bonds. The number of furan rings is 1. The number of benzene rings is 2. The zero-order valence-electron chi connectivity index (χ0n) is 17.3. The largest absolute Gasteiger partial charge is 0.497 e. The van der Waals surface area contributed by atoms with Crippen LogP contribution in [0.15, 0.2) is 70.2 Å². The second-order valence-corrected chi connectivity index (χ2v) is 8.60. The average molecular weight is 445 g/mol. The molecule has 2 aromatic carbocycles. The number of sulfone groups is 1. The number of amides is 1. The van der Waals surface area contributed by atoms with Crippen molar-refractivity contribution in [1.29, 1.82) is 0 Å². The third-order valence-electron chi connectivity index (χ3n) is 4.73. The third kappa shape index (κ3) is 4.66. The van der Waals surface area contributed by atoms with E-state index in [-0.39, 0.29) is 22.8 Å². The molecule has 164 valence electrons. The lowest BCUT2D eigenvalue weighted by Gasteiger charge is -2.18. The molecule has 0 unspecified atom stereocenters. The molecule has 9 heteroatoms. The molecule has 1 atom stereocenters. The Labute approximate surface area is 180 Å². The van der Waals surface area contributed by atoms with Crippen molar-refractivity contribution < 1.29 is 31.8 Å². The second kappa shape index (κ2) is 9.57. The molecule has 0 fully saturated rings. The first-order chi connectivity index (χ1) is 14.9. The number of hydrogen-bond acceptors (Lipinski definition) is 7. The van der Waals surface area contributed by atoms with Crippen LogP contribution in [0, 0.1) is 0 Å². The summed E-state index contributed by atoms with van der Waals surface area (Å²) in [6.45, 7) is -0.220. The van der Waals surface area contributed by atoms with Crippen molar-refractivity contribution in [2.24, 2.45) is 0 Å². The van der Waals surface area contributed by atoms with E-state index in [1.54, 1.807) is 42.5 Å². The van der Waals surface area contributed by atoms with Crippen LogP contribution in [0.2, 0.25) is 0 Å². The van der Waals surface area contributed by atoms with Gasteiger partial charge in [0.05, 0.1) is 32.5 Å². The van der Waals surface area contributed by atoms with Gasteiger partial charge in [0, 0.05) is 6.54 Å². The van der Waals surface area contributed by atoms with E-state index in [1.165, 1.54) is 39.7 Å². The number of carbonyl (C=O) groups excluding carboxylic acids is 1. The quantitative estimate of drug-likeness (QED) is 0.539. The number of carbonyl (C=O) groups is 1. The summed E-state index contributed by atoms with van der Waals surface area (Å²) in [5, 5.41) is 1.53. The highest BCUT2D eigenvalue weighted by Gasteiger charge is 2.32. The predicted molar refractivity (Wildman–Crippen MR) is 114 cm³/mol. The maximum atomic E-state index is 13.3. The molecular weight excluding hydrogens is 422 g/mol. The highest BCUT2D eigenvalue weighted by atomic mass is 32.2. The van der Waals surface area contributed by atoms with Crippen LogP contribution in [-0.4, -0.2) is 42.2 Å². The van der Waals surface area contributed by atoms with Crippen molar-refractivity contribution in [1.82, 2.24) is 5.32 Å². The smallest absolute Gasteiger partial charge is 0.258 e. The average Bonchev–Trinajstić information content (AvgIpc) is 3.32. The lowest BCUT2D eigenvalue weighted by atomic mass is 10.1. The van der Waals surface area contributed by atoms with Gasteiger partial charge in [-0.25, -0.2) is 8.42 Å². The van der Waals surface area contributed by atoms with Crippen molar-refractivity contribution in [3.8, 4) is 17.2 Å². The van der Waals surface area contributed by atoms with Crippen LogP contribution >= 0.6 is 0 Å². The van der Waals surface area contributed by atoms with E-state index in [0.717, 1.165) is 0 Å². The minimum atomic E-state index is -3.88. The van der Waals surface area contributed by atoms with E-state index in [4.69, 9.17) is 18.6 Å². The van der Waals surface area contributed by atoms with E-state index in [1.807, 2.05) is 0 Å². The summed E-state index contributed by atoms with van der Waals surface area (Å²) in [7, 11) is 0.484. The summed E-state index contributed by atoms with van der Waals surface area (Å²) in [5.74, 6) is 0.831. The standard InChI is InChI=1S/C22H23NO7S/c1-27-15-9-11-16(12-10-15)31(25,26)20(17-8-5-13-30-17)14-23-22(24)21-18(28-2)6-4-7-19(21)29-3/h4-13,20H,14H2,1-3H3,(H,23,24)/t20-/m1/s1. The van der Waals surface area contributed by atoms with Crippen LogP contribution < -0.4 is 19.5 Å². The lowest BCUT2D eigenvalue weighted by Crippen LogP contribution is -2.32. The van der Waals surface area contributed by atoms with Crippen LogP contribution in [0.5, 0.6) is 17.2 Å². The summed E-state index contributed by atoms with van der Waals surface area (Å²) in [4.78, 5) is 13.0. The highest BCUT2D eigenvalue weighted by molar-refractivity contribution is 7.91. The lowest BCUT2D eigenvalue weighted by molar-refractivity contribution is 0.0947. The molecule has 1 heterocycles. The van der Waals surface area contributed by atoms with Gasteiger partial charge in [-0.3, -0.25) is 4.79 Å². The number of rotatable bonds is 9. The maximum absolute atomic E-state index is 13.3. The fraction of sp³-hybridized carbons (Fsp3) is 0.227. The first kappa shape index (κ1) is 22.2. The van der Waals surface area contributed by atoms with E-state index >= 15 is 0 Å². The van der Waals surface area contributed by atoms with Gasteiger partial charge in [0.25, 0.3) is 5.91 Å². The van der Waals surface area contributed by atoms with Gasteiger partial charge >= 0.3 is 0 Å². The molecule has 3 aromatic rings. The first-order valence-electron chi connectivity index (χ1n) is 9.33. The minimum Gasteiger partial charge on any atom is -0.497 e. The summed E-state index contributed by atoms with van der Waals surface area (Å²) in [5.41, 5.74) is 0.174. The molecule has 0 radical (unpaired) electrons. The van der Waals surface area contributed by atoms with Crippen LogP contribution in [0.4, 0.5) is 0 Å². The summed E-state index contributed by atoms with van der Waals surface area (Å²) < 4.78 is 47.6. The molecular formula is C22H23NO7S. The third-order valence-corrected chi connectivity index (χ3v) is 6.80. The SMILES string of the molecule is COc1ccc(S(=O)(=O)[C@H](CNC(=O)c2c(OC)cccc2OC)c2ccco2)cc1. The molecule has 0 aliphatic heterocycles. The van der Waals surface area contributed by atoms with Gasteiger partial charge in [-0.05, 0) is 48.5 Å². The van der Waals surface area contributed by atoms with Crippen molar-refractivity contribution in [3.05, 3.63) is 72.2 Å². The zero-order chi connectivity index (χ0) is 22.4. The number of nitrogens with one attached hydrogen (secondary N) is 1. The van der Waals surface area contributed by atoms with E-state index < -0.39 is 21.0 Å². The normalized spacial score (nSPS) is 12.1. The van der Waals surface area contributed by atoms with E-state index in [0.29, 0.717) is 17.2 Å². The Kier molecular flexibility index (Phi) is 6.86. The van der Waals surface area contributed by atoms with Gasteiger partial charge in [0.2, 0.25) is 0 Å². The fourth-order valence-corrected chi connectivity index (χ4v) is 4.70. The molecule has 0 aliphatic rings. The molecule has 1 N–H and O–H groups in total. The second-order valence-electron chi connectivity index (χ2n) is 6.47. The maximum Gasteiger partial charge on any atom is 0.258 e. The Morgan fingerprint density at radius 3 is 2.10 bits per heavy atom. The van der Waals surface area contributed by atoms with Gasteiger partial charge in [-0.2, -0.15) is 0 Å². The van der Waals surface area contributed by atoms with E-state index in [9.17, 15) is 13.2 Å². The van der Waals surface area contributed by atoms with Crippen LogP contribution in [0.1, 0.15) is 21.4 Å². The van der Waals surface area contributed by atoms with Gasteiger partial charge in [-0.1, -0.05) is 6.07 Å². The molecule has 8 nitrogen and oxygen atoms in total. The van der Waals surface area contributed by atoms with Crippen LogP contribution in [0.25, 0.3) is 0 Å². The molecule has 0 aliphatic carbocycles. The summed E-state index contributed by atoms with van der Waals surface area (Å²) in [6.07, 6.45) is 1.39. The molecule has 0 spiro atoms. The molecule has 3 rings (SSSR count). The molecule has 31 heavy (non-hydrogen) atoms. The van der Waals surface area contributed by atoms with Crippen LogP contribution in [0.3, 0.4) is 0 Å². The van der Waals surface area contributed by atoms with Crippen LogP contribution in [-0.2, 0) is 9.84 Å². The Hall–Kier alpha value is -3.46. The number of hydrogen-bond donors (Lipinski definition) is 1. The molecule has 0 saturated heterocycles. The first-order valence-corrected chi connectivity index (χ1v) is 10.9. The Bertz CT molecular complexity index is 1100. The van der Waals surface area contributed by atoms with Gasteiger partial charge < -0.3 is 23.9 Å². The highest BCUT2D eigenvalue weighted by Crippen LogP contribution is 2.31. The van der Waals surface area contributed by atoms with Gasteiger partial charge in [-0.15, -0.1) is 0 Å². The van der Waals surface area contributed by atoms with Crippen molar-refractivity contribution >= 4 is 15.7 Å². The zero-order valence-corrected chi connectivity index (χ0v) is 18.1. The van der Waals surface area contributed by atoms with E-state index in [2.05, 4.69) is 5.32 Å². The Morgan fingerprint density at radius 2 is 1.58 bits per heavy atom. The summed E-state index contributed by atoms with van der Waals surface area (Å²) in [6, 6.07) is 14.1. The van der Waals surface area contributed by atoms with Crippen molar-refractivity contribution in [3.63, 3.8) is 0 Å². The van der Waals surface area contributed by atoms with Crippen molar-refractivity contribution in [2.75, 3.05) is 27.9 Å². The molecule has 1 aromatic heterocycles. The van der Waals surface area contributed by atoms with Gasteiger partial charge in [0.1, 0.15) is 33.8 Å². The predicted octanol–water partition coefficient (Wildman–Crippen LogP) is 3.25. The summed E-state index contributed by atoms with van der Waals surface area (Å²) >= 11 is 0. The molecule has 0 bridgehead atoms. The topological polar surface area (TPSA) is 104 Å².